The number of carboxylic acid groups (broad SMARTS) is 1. The molecule has 1 heterocycles. The Labute approximate surface area is 105 Å². The molecule has 100 valence electrons. The van der Waals surface area contributed by atoms with Crippen molar-refractivity contribution in [2.75, 3.05) is 5.32 Å². The highest BCUT2D eigenvalue weighted by molar-refractivity contribution is 5.91. The van der Waals surface area contributed by atoms with Crippen LogP contribution in [-0.4, -0.2) is 32.9 Å². The number of amides is 2. The fourth-order valence-electron chi connectivity index (χ4n) is 1.49. The highest BCUT2D eigenvalue weighted by Gasteiger charge is 2.21. The molecule has 0 aliphatic rings. The van der Waals surface area contributed by atoms with Crippen LogP contribution in [-0.2, 0) is 11.8 Å². The second kappa shape index (κ2) is 6.04. The standard InChI is InChI=1S/C11H18N4O3/c1-7(2)6-8(10(16)17)12-11(18)13-9-4-5-15(3)14-9/h4-5,7-8H,6H2,1-3H3,(H,16,17)(H2,12,13,14,18)/t8-/m1/s1. The lowest BCUT2D eigenvalue weighted by atomic mass is 10.0. The molecule has 7 heteroatoms. The highest BCUT2D eigenvalue weighted by atomic mass is 16.4. The van der Waals surface area contributed by atoms with Crippen molar-refractivity contribution in [1.29, 1.82) is 0 Å². The average molecular weight is 254 g/mol. The van der Waals surface area contributed by atoms with Crippen molar-refractivity contribution in [3.8, 4) is 0 Å². The SMILES string of the molecule is CC(C)C[C@@H](NC(=O)Nc1ccn(C)n1)C(=O)O. The van der Waals surface area contributed by atoms with E-state index in [1.54, 1.807) is 24.0 Å². The molecular weight excluding hydrogens is 236 g/mol. The summed E-state index contributed by atoms with van der Waals surface area (Å²) in [4.78, 5) is 22.5. The van der Waals surface area contributed by atoms with Crippen molar-refractivity contribution in [2.45, 2.75) is 26.3 Å². The van der Waals surface area contributed by atoms with Gasteiger partial charge in [0.25, 0.3) is 0 Å². The van der Waals surface area contributed by atoms with Crippen LogP contribution in [0.15, 0.2) is 12.3 Å². The molecule has 0 unspecified atom stereocenters. The van der Waals surface area contributed by atoms with Gasteiger partial charge in [0.05, 0.1) is 0 Å². The fourth-order valence-corrected chi connectivity index (χ4v) is 1.49. The number of carbonyl (C=O) groups is 2. The Morgan fingerprint density at radius 3 is 2.61 bits per heavy atom. The molecule has 1 atom stereocenters. The molecule has 7 nitrogen and oxygen atoms in total. The first kappa shape index (κ1) is 14.0. The second-order valence-corrected chi connectivity index (χ2v) is 4.49. The second-order valence-electron chi connectivity index (χ2n) is 4.49. The molecule has 3 N–H and O–H groups in total. The summed E-state index contributed by atoms with van der Waals surface area (Å²) in [6.07, 6.45) is 2.06. The van der Waals surface area contributed by atoms with E-state index >= 15 is 0 Å². The first-order chi connectivity index (χ1) is 8.38. The summed E-state index contributed by atoms with van der Waals surface area (Å²) in [7, 11) is 1.72. The van der Waals surface area contributed by atoms with Gasteiger partial charge in [-0.2, -0.15) is 5.10 Å². The molecule has 2 amide bonds. The maximum atomic E-state index is 11.6. The molecule has 0 fully saturated rings. The number of rotatable bonds is 5. The van der Waals surface area contributed by atoms with Gasteiger partial charge in [-0.15, -0.1) is 0 Å². The molecule has 1 aromatic heterocycles. The number of carboxylic acids is 1. The third kappa shape index (κ3) is 4.44. The van der Waals surface area contributed by atoms with Crippen molar-refractivity contribution >= 4 is 17.8 Å². The number of carbonyl (C=O) groups excluding carboxylic acids is 1. The summed E-state index contributed by atoms with van der Waals surface area (Å²) in [6.45, 7) is 3.79. The van der Waals surface area contributed by atoms with E-state index in [0.717, 1.165) is 0 Å². The molecule has 1 rings (SSSR count). The Hall–Kier alpha value is -2.05. The van der Waals surface area contributed by atoms with Crippen LogP contribution < -0.4 is 10.6 Å². The van der Waals surface area contributed by atoms with Crippen LogP contribution in [0.2, 0.25) is 0 Å². The molecule has 0 spiro atoms. The van der Waals surface area contributed by atoms with Crippen molar-refractivity contribution in [3.05, 3.63) is 12.3 Å². The number of aliphatic carboxylic acids is 1. The van der Waals surface area contributed by atoms with E-state index in [9.17, 15) is 9.59 Å². The summed E-state index contributed by atoms with van der Waals surface area (Å²) in [5, 5.41) is 17.8. The lowest BCUT2D eigenvalue weighted by molar-refractivity contribution is -0.139. The van der Waals surface area contributed by atoms with Gasteiger partial charge in [0.2, 0.25) is 0 Å². The minimum Gasteiger partial charge on any atom is -0.480 e. The maximum absolute atomic E-state index is 11.6. The normalized spacial score (nSPS) is 12.2. The number of hydrogen-bond acceptors (Lipinski definition) is 3. The van der Waals surface area contributed by atoms with Gasteiger partial charge in [0.15, 0.2) is 5.82 Å². The molecule has 0 saturated carbocycles. The zero-order valence-corrected chi connectivity index (χ0v) is 10.7. The molecule has 0 aromatic carbocycles. The van der Waals surface area contributed by atoms with E-state index < -0.39 is 18.0 Å². The fraction of sp³-hybridized carbons (Fsp3) is 0.545. The van der Waals surface area contributed by atoms with Crippen LogP contribution in [0, 0.1) is 5.92 Å². The van der Waals surface area contributed by atoms with E-state index in [4.69, 9.17) is 5.11 Å². The van der Waals surface area contributed by atoms with Gasteiger partial charge in [-0.1, -0.05) is 13.8 Å². The molecule has 0 saturated heterocycles. The van der Waals surface area contributed by atoms with Crippen LogP contribution in [0.1, 0.15) is 20.3 Å². The van der Waals surface area contributed by atoms with Crippen molar-refractivity contribution in [3.63, 3.8) is 0 Å². The van der Waals surface area contributed by atoms with Gasteiger partial charge in [0, 0.05) is 19.3 Å². The van der Waals surface area contributed by atoms with Crippen molar-refractivity contribution in [1.82, 2.24) is 15.1 Å². The summed E-state index contributed by atoms with van der Waals surface area (Å²) >= 11 is 0. The Balaban J connectivity index is 2.53. The van der Waals surface area contributed by atoms with E-state index in [-0.39, 0.29) is 5.92 Å². The van der Waals surface area contributed by atoms with E-state index in [1.807, 2.05) is 13.8 Å². The van der Waals surface area contributed by atoms with E-state index in [2.05, 4.69) is 15.7 Å². The zero-order valence-electron chi connectivity index (χ0n) is 10.7. The first-order valence-corrected chi connectivity index (χ1v) is 5.68. The Bertz CT molecular complexity index is 428. The van der Waals surface area contributed by atoms with Crippen LogP contribution in [0.3, 0.4) is 0 Å². The van der Waals surface area contributed by atoms with Gasteiger partial charge in [-0.3, -0.25) is 10.00 Å². The molecule has 0 bridgehead atoms. The number of nitrogens with one attached hydrogen (secondary N) is 2. The van der Waals surface area contributed by atoms with E-state index in [0.29, 0.717) is 12.2 Å². The molecule has 0 aliphatic carbocycles. The molecule has 0 aliphatic heterocycles. The zero-order chi connectivity index (χ0) is 13.7. The summed E-state index contributed by atoms with van der Waals surface area (Å²) in [6, 6.07) is 0.160. The van der Waals surface area contributed by atoms with Crippen LogP contribution in [0.5, 0.6) is 0 Å². The first-order valence-electron chi connectivity index (χ1n) is 5.68. The summed E-state index contributed by atoms with van der Waals surface area (Å²) in [5.74, 6) is -0.482. The van der Waals surface area contributed by atoms with Gasteiger partial charge in [-0.25, -0.2) is 9.59 Å². The number of aryl methyl sites for hydroxylation is 1. The number of anilines is 1. The Morgan fingerprint density at radius 2 is 2.17 bits per heavy atom. The number of hydrogen-bond donors (Lipinski definition) is 3. The largest absolute Gasteiger partial charge is 0.480 e. The predicted octanol–water partition coefficient (Wildman–Crippen LogP) is 1.04. The Morgan fingerprint density at radius 1 is 1.50 bits per heavy atom. The lowest BCUT2D eigenvalue weighted by Gasteiger charge is -2.16. The summed E-state index contributed by atoms with van der Waals surface area (Å²) in [5.41, 5.74) is 0. The van der Waals surface area contributed by atoms with Crippen LogP contribution >= 0.6 is 0 Å². The van der Waals surface area contributed by atoms with E-state index in [1.165, 1.54) is 0 Å². The third-order valence-electron chi connectivity index (χ3n) is 2.27. The van der Waals surface area contributed by atoms with Crippen molar-refractivity contribution in [2.24, 2.45) is 13.0 Å². The maximum Gasteiger partial charge on any atom is 0.326 e. The Kier molecular flexibility index (Phi) is 4.70. The van der Waals surface area contributed by atoms with Gasteiger partial charge in [0.1, 0.15) is 6.04 Å². The average Bonchev–Trinajstić information content (AvgIpc) is 2.62. The number of urea groups is 1. The molecule has 0 radical (unpaired) electrons. The topological polar surface area (TPSA) is 96.3 Å². The molecule has 1 aromatic rings. The summed E-state index contributed by atoms with van der Waals surface area (Å²) < 4.78 is 1.54. The van der Waals surface area contributed by atoms with Gasteiger partial charge >= 0.3 is 12.0 Å². The molecular formula is C11H18N4O3. The predicted molar refractivity (Wildman–Crippen MR) is 66.2 cm³/mol. The monoisotopic (exact) mass is 254 g/mol. The van der Waals surface area contributed by atoms with Gasteiger partial charge in [-0.05, 0) is 12.3 Å². The number of nitrogens with zero attached hydrogens (tertiary/aromatic N) is 2. The smallest absolute Gasteiger partial charge is 0.326 e. The lowest BCUT2D eigenvalue weighted by Crippen LogP contribution is -2.43. The third-order valence-corrected chi connectivity index (χ3v) is 2.27. The van der Waals surface area contributed by atoms with Crippen LogP contribution in [0.25, 0.3) is 0 Å². The minimum absolute atomic E-state index is 0.182. The molecule has 18 heavy (non-hydrogen) atoms. The quantitative estimate of drug-likeness (QED) is 0.731. The number of aromatic nitrogens is 2. The highest BCUT2D eigenvalue weighted by Crippen LogP contribution is 2.06. The minimum atomic E-state index is -1.04. The van der Waals surface area contributed by atoms with Crippen LogP contribution in [0.4, 0.5) is 10.6 Å². The van der Waals surface area contributed by atoms with Gasteiger partial charge < -0.3 is 10.4 Å². The van der Waals surface area contributed by atoms with Crippen molar-refractivity contribution < 1.29 is 14.7 Å².